The number of hydrogen-bond acceptors (Lipinski definition) is 1. The van der Waals surface area contributed by atoms with E-state index in [1.807, 2.05) is 29.7 Å². The van der Waals surface area contributed by atoms with Crippen molar-refractivity contribution in [3.05, 3.63) is 41.7 Å². The highest BCUT2D eigenvalue weighted by Crippen LogP contribution is 2.13. The lowest BCUT2D eigenvalue weighted by molar-refractivity contribution is 0.0697. The summed E-state index contributed by atoms with van der Waals surface area (Å²) in [5.41, 5.74) is 2.35. The minimum atomic E-state index is -0.886. The fourth-order valence-electron chi connectivity index (χ4n) is 1.40. The van der Waals surface area contributed by atoms with Crippen LogP contribution in [0.25, 0.3) is 5.52 Å². The molecule has 0 saturated heterocycles. The highest BCUT2D eigenvalue weighted by molar-refractivity contribution is 5.89. The molecule has 0 spiro atoms. The van der Waals surface area contributed by atoms with Gasteiger partial charge >= 0.3 is 5.97 Å². The fourth-order valence-corrected chi connectivity index (χ4v) is 1.40. The number of nitrogens with zero attached hydrogens (tertiary/aromatic N) is 1. The third-order valence-electron chi connectivity index (χ3n) is 2.09. The summed E-state index contributed by atoms with van der Waals surface area (Å²) < 4.78 is 1.82. The molecule has 0 unspecified atom stereocenters. The van der Waals surface area contributed by atoms with Gasteiger partial charge in [-0.25, -0.2) is 4.79 Å². The monoisotopic (exact) mass is 175 g/mol. The van der Waals surface area contributed by atoms with Crippen LogP contribution in [0, 0.1) is 6.92 Å². The van der Waals surface area contributed by atoms with Gasteiger partial charge in [0.2, 0.25) is 0 Å². The van der Waals surface area contributed by atoms with Gasteiger partial charge in [0.1, 0.15) is 0 Å². The van der Waals surface area contributed by atoms with Crippen LogP contribution in [0.3, 0.4) is 0 Å². The highest BCUT2D eigenvalue weighted by atomic mass is 16.4. The summed E-state index contributed by atoms with van der Waals surface area (Å²) in [6.07, 6.45) is 3.46. The van der Waals surface area contributed by atoms with Gasteiger partial charge in [0.05, 0.1) is 5.56 Å². The molecule has 0 saturated carbocycles. The van der Waals surface area contributed by atoms with Crippen LogP contribution in [-0.2, 0) is 0 Å². The first-order valence-electron chi connectivity index (χ1n) is 3.99. The molecular weight excluding hydrogens is 166 g/mol. The first-order chi connectivity index (χ1) is 6.18. The molecule has 66 valence electrons. The summed E-state index contributed by atoms with van der Waals surface area (Å²) in [7, 11) is 0. The van der Waals surface area contributed by atoms with Gasteiger partial charge < -0.3 is 9.51 Å². The van der Waals surface area contributed by atoms with Gasteiger partial charge in [-0.3, -0.25) is 0 Å². The number of fused-ring (bicyclic) bond motifs is 1. The van der Waals surface area contributed by atoms with Crippen molar-refractivity contribution in [2.45, 2.75) is 6.92 Å². The predicted molar refractivity (Wildman–Crippen MR) is 49.1 cm³/mol. The van der Waals surface area contributed by atoms with Crippen molar-refractivity contribution in [1.82, 2.24) is 4.40 Å². The number of carbonyl (C=O) groups is 1. The lowest BCUT2D eigenvalue weighted by Crippen LogP contribution is -1.91. The fraction of sp³-hybridized carbons (Fsp3) is 0.100. The zero-order valence-corrected chi connectivity index (χ0v) is 7.19. The molecule has 0 bridgehead atoms. The Kier molecular flexibility index (Phi) is 1.59. The van der Waals surface area contributed by atoms with Crippen LogP contribution in [0.2, 0.25) is 0 Å². The first kappa shape index (κ1) is 7.86. The van der Waals surface area contributed by atoms with Crippen LogP contribution in [0.1, 0.15) is 15.9 Å². The van der Waals surface area contributed by atoms with Crippen LogP contribution < -0.4 is 0 Å². The molecule has 3 nitrogen and oxygen atoms in total. The molecule has 2 aromatic rings. The number of aryl methyl sites for hydroxylation is 1. The van der Waals surface area contributed by atoms with E-state index in [-0.39, 0.29) is 0 Å². The zero-order valence-electron chi connectivity index (χ0n) is 7.19. The van der Waals surface area contributed by atoms with Crippen LogP contribution in [0.4, 0.5) is 0 Å². The lowest BCUT2D eigenvalue weighted by atomic mass is 10.2. The van der Waals surface area contributed by atoms with E-state index < -0.39 is 5.97 Å². The molecule has 0 aromatic carbocycles. The molecule has 0 atom stereocenters. The van der Waals surface area contributed by atoms with E-state index in [9.17, 15) is 4.79 Å². The Balaban J connectivity index is 2.75. The second-order valence-corrected chi connectivity index (χ2v) is 3.02. The Morgan fingerprint density at radius 2 is 2.31 bits per heavy atom. The molecule has 2 aromatic heterocycles. The first-order valence-corrected chi connectivity index (χ1v) is 3.99. The number of aromatic carboxylic acids is 1. The van der Waals surface area contributed by atoms with Gasteiger partial charge in [0, 0.05) is 17.9 Å². The summed E-state index contributed by atoms with van der Waals surface area (Å²) in [4.78, 5) is 10.7. The quantitative estimate of drug-likeness (QED) is 0.719. The van der Waals surface area contributed by atoms with E-state index in [0.29, 0.717) is 5.56 Å². The van der Waals surface area contributed by atoms with Gasteiger partial charge in [-0.2, -0.15) is 0 Å². The van der Waals surface area contributed by atoms with Crippen LogP contribution in [0.5, 0.6) is 0 Å². The Labute approximate surface area is 75.2 Å². The second kappa shape index (κ2) is 2.62. The molecule has 2 rings (SSSR count). The van der Waals surface area contributed by atoms with E-state index in [2.05, 4.69) is 0 Å². The van der Waals surface area contributed by atoms with E-state index >= 15 is 0 Å². The van der Waals surface area contributed by atoms with Gasteiger partial charge in [-0.1, -0.05) is 6.07 Å². The molecule has 0 aliphatic rings. The Bertz CT molecular complexity index is 471. The minimum absolute atomic E-state index is 0.328. The van der Waals surface area contributed by atoms with Crippen LogP contribution in [0.15, 0.2) is 30.6 Å². The SMILES string of the molecule is Cc1cccn2cc(C(=O)O)cc12. The van der Waals surface area contributed by atoms with Crippen molar-refractivity contribution >= 4 is 11.5 Å². The molecule has 0 amide bonds. The molecule has 0 aliphatic carbocycles. The summed E-state index contributed by atoms with van der Waals surface area (Å²) in [6, 6.07) is 5.53. The molecule has 1 N–H and O–H groups in total. The molecule has 0 aliphatic heterocycles. The number of aromatic nitrogens is 1. The third-order valence-corrected chi connectivity index (χ3v) is 2.09. The van der Waals surface area contributed by atoms with E-state index in [1.54, 1.807) is 12.3 Å². The van der Waals surface area contributed by atoms with Crippen molar-refractivity contribution < 1.29 is 9.90 Å². The number of pyridine rings is 1. The smallest absolute Gasteiger partial charge is 0.337 e. The Morgan fingerprint density at radius 3 is 2.92 bits per heavy atom. The Hall–Kier alpha value is -1.77. The van der Waals surface area contributed by atoms with Gasteiger partial charge in [-0.15, -0.1) is 0 Å². The topological polar surface area (TPSA) is 41.7 Å². The zero-order chi connectivity index (χ0) is 9.42. The molecule has 3 heteroatoms. The maximum atomic E-state index is 10.7. The summed E-state index contributed by atoms with van der Waals surface area (Å²) >= 11 is 0. The number of carboxylic acid groups (broad SMARTS) is 1. The maximum absolute atomic E-state index is 10.7. The van der Waals surface area contributed by atoms with Crippen LogP contribution >= 0.6 is 0 Å². The largest absolute Gasteiger partial charge is 0.478 e. The molecule has 2 heterocycles. The van der Waals surface area contributed by atoms with Crippen molar-refractivity contribution in [3.63, 3.8) is 0 Å². The van der Waals surface area contributed by atoms with Crippen molar-refractivity contribution in [2.24, 2.45) is 0 Å². The Morgan fingerprint density at radius 1 is 1.54 bits per heavy atom. The third kappa shape index (κ3) is 1.18. The number of rotatable bonds is 1. The normalized spacial score (nSPS) is 10.5. The maximum Gasteiger partial charge on any atom is 0.337 e. The summed E-state index contributed by atoms with van der Waals surface area (Å²) in [5, 5.41) is 8.76. The highest BCUT2D eigenvalue weighted by Gasteiger charge is 2.06. The lowest BCUT2D eigenvalue weighted by Gasteiger charge is -1.95. The number of hydrogen-bond donors (Lipinski definition) is 1. The van der Waals surface area contributed by atoms with Gasteiger partial charge in [0.25, 0.3) is 0 Å². The van der Waals surface area contributed by atoms with Crippen molar-refractivity contribution in [3.8, 4) is 0 Å². The summed E-state index contributed by atoms with van der Waals surface area (Å²) in [5.74, 6) is -0.886. The summed E-state index contributed by atoms with van der Waals surface area (Å²) in [6.45, 7) is 1.96. The predicted octanol–water partition coefficient (Wildman–Crippen LogP) is 1.95. The molecule has 0 fully saturated rings. The second-order valence-electron chi connectivity index (χ2n) is 3.02. The molecule has 0 radical (unpaired) electrons. The standard InChI is InChI=1S/C10H9NO2/c1-7-3-2-4-11-6-8(10(12)13)5-9(7)11/h2-6H,1H3,(H,12,13). The van der Waals surface area contributed by atoms with Gasteiger partial charge in [0.15, 0.2) is 0 Å². The average Bonchev–Trinajstić information content (AvgIpc) is 2.49. The van der Waals surface area contributed by atoms with E-state index in [1.165, 1.54) is 0 Å². The molecular formula is C10H9NO2. The van der Waals surface area contributed by atoms with E-state index in [0.717, 1.165) is 11.1 Å². The van der Waals surface area contributed by atoms with E-state index in [4.69, 9.17) is 5.11 Å². The molecule has 13 heavy (non-hydrogen) atoms. The van der Waals surface area contributed by atoms with Crippen molar-refractivity contribution in [2.75, 3.05) is 0 Å². The minimum Gasteiger partial charge on any atom is -0.478 e. The van der Waals surface area contributed by atoms with Crippen molar-refractivity contribution in [1.29, 1.82) is 0 Å². The van der Waals surface area contributed by atoms with Crippen LogP contribution in [-0.4, -0.2) is 15.5 Å². The number of carboxylic acids is 1. The average molecular weight is 175 g/mol. The van der Waals surface area contributed by atoms with Gasteiger partial charge in [-0.05, 0) is 24.6 Å².